The fraction of sp³-hybridized carbons (Fsp3) is 0.304. The molecule has 0 saturated carbocycles. The molecule has 10 heteroatoms. The molecule has 0 fully saturated rings. The van der Waals surface area contributed by atoms with Gasteiger partial charge in [-0.2, -0.15) is 18.3 Å². The SMILES string of the molecule is CCOc1ccc(CNC(=O)c2ccn(COc3cccc(C(F)(F)F)c3)n2)cc1OCC. The number of benzene rings is 2. The number of nitrogens with one attached hydrogen (secondary N) is 1. The van der Waals surface area contributed by atoms with Gasteiger partial charge in [0, 0.05) is 12.7 Å². The Morgan fingerprint density at radius 2 is 1.76 bits per heavy atom. The summed E-state index contributed by atoms with van der Waals surface area (Å²) in [5.41, 5.74) is 0.170. The molecule has 1 aromatic heterocycles. The molecule has 0 saturated heterocycles. The van der Waals surface area contributed by atoms with Crippen LogP contribution < -0.4 is 19.5 Å². The van der Waals surface area contributed by atoms with E-state index >= 15 is 0 Å². The lowest BCUT2D eigenvalue weighted by Crippen LogP contribution is -2.23. The third-order valence-electron chi connectivity index (χ3n) is 4.46. The van der Waals surface area contributed by atoms with Gasteiger partial charge in [0.05, 0.1) is 18.8 Å². The van der Waals surface area contributed by atoms with Gasteiger partial charge >= 0.3 is 6.18 Å². The second kappa shape index (κ2) is 10.8. The van der Waals surface area contributed by atoms with Crippen LogP contribution in [0.3, 0.4) is 0 Å². The molecule has 0 unspecified atom stereocenters. The van der Waals surface area contributed by atoms with Gasteiger partial charge in [0.15, 0.2) is 18.2 Å². The van der Waals surface area contributed by atoms with Crippen LogP contribution >= 0.6 is 0 Å². The van der Waals surface area contributed by atoms with Gasteiger partial charge in [0.2, 0.25) is 0 Å². The van der Waals surface area contributed by atoms with Gasteiger partial charge in [-0.15, -0.1) is 0 Å². The number of carbonyl (C=O) groups is 1. The van der Waals surface area contributed by atoms with Gasteiger partial charge in [-0.3, -0.25) is 4.79 Å². The number of amides is 1. The normalized spacial score (nSPS) is 11.2. The lowest BCUT2D eigenvalue weighted by Gasteiger charge is -2.12. The van der Waals surface area contributed by atoms with Crippen LogP contribution in [0.25, 0.3) is 0 Å². The van der Waals surface area contributed by atoms with Crippen molar-refractivity contribution in [1.29, 1.82) is 0 Å². The van der Waals surface area contributed by atoms with Crippen molar-refractivity contribution in [2.24, 2.45) is 0 Å². The molecule has 176 valence electrons. The Bertz CT molecular complexity index is 1080. The molecule has 7 nitrogen and oxygen atoms in total. The molecule has 3 aromatic rings. The molecule has 2 aromatic carbocycles. The highest BCUT2D eigenvalue weighted by Crippen LogP contribution is 2.31. The van der Waals surface area contributed by atoms with Crippen molar-refractivity contribution in [1.82, 2.24) is 15.1 Å². The first-order valence-electron chi connectivity index (χ1n) is 10.3. The Morgan fingerprint density at radius 3 is 2.48 bits per heavy atom. The second-order valence-corrected chi connectivity index (χ2v) is 6.87. The fourth-order valence-electron chi connectivity index (χ4n) is 2.94. The summed E-state index contributed by atoms with van der Waals surface area (Å²) in [7, 11) is 0. The molecule has 0 radical (unpaired) electrons. The van der Waals surface area contributed by atoms with Crippen LogP contribution in [-0.4, -0.2) is 28.9 Å². The van der Waals surface area contributed by atoms with Gasteiger partial charge in [0.25, 0.3) is 5.91 Å². The maximum atomic E-state index is 12.8. The number of hydrogen-bond donors (Lipinski definition) is 1. The zero-order valence-electron chi connectivity index (χ0n) is 18.2. The van der Waals surface area contributed by atoms with Gasteiger partial charge in [0.1, 0.15) is 11.4 Å². The highest BCUT2D eigenvalue weighted by Gasteiger charge is 2.30. The predicted molar refractivity (Wildman–Crippen MR) is 114 cm³/mol. The Morgan fingerprint density at radius 1 is 1.00 bits per heavy atom. The van der Waals surface area contributed by atoms with Crippen LogP contribution in [0.2, 0.25) is 0 Å². The summed E-state index contributed by atoms with van der Waals surface area (Å²) in [5.74, 6) is 0.877. The van der Waals surface area contributed by atoms with E-state index in [2.05, 4.69) is 10.4 Å². The number of hydrogen-bond acceptors (Lipinski definition) is 5. The third kappa shape index (κ3) is 6.64. The lowest BCUT2D eigenvalue weighted by atomic mass is 10.2. The second-order valence-electron chi connectivity index (χ2n) is 6.87. The molecule has 0 spiro atoms. The highest BCUT2D eigenvalue weighted by molar-refractivity contribution is 5.92. The van der Waals surface area contributed by atoms with E-state index in [1.54, 1.807) is 12.1 Å². The van der Waals surface area contributed by atoms with Gasteiger partial charge in [-0.05, 0) is 55.8 Å². The molecule has 33 heavy (non-hydrogen) atoms. The topological polar surface area (TPSA) is 74.6 Å². The van der Waals surface area contributed by atoms with Crippen molar-refractivity contribution in [2.45, 2.75) is 33.3 Å². The van der Waals surface area contributed by atoms with E-state index in [1.165, 1.54) is 29.1 Å². The number of carbonyl (C=O) groups excluding carboxylic acids is 1. The first kappa shape index (κ1) is 24.0. The quantitative estimate of drug-likeness (QED) is 0.473. The zero-order chi connectivity index (χ0) is 23.8. The lowest BCUT2D eigenvalue weighted by molar-refractivity contribution is -0.137. The minimum Gasteiger partial charge on any atom is -0.490 e. The van der Waals surface area contributed by atoms with E-state index in [0.717, 1.165) is 17.7 Å². The molecule has 0 atom stereocenters. The summed E-state index contributed by atoms with van der Waals surface area (Å²) in [6.45, 7) is 4.85. The summed E-state index contributed by atoms with van der Waals surface area (Å²) in [5, 5.41) is 6.88. The third-order valence-corrected chi connectivity index (χ3v) is 4.46. The predicted octanol–water partition coefficient (Wildman–Crippen LogP) is 4.67. The van der Waals surface area contributed by atoms with Crippen LogP contribution in [0.5, 0.6) is 17.2 Å². The molecule has 0 aliphatic carbocycles. The molecule has 0 aliphatic rings. The first-order valence-corrected chi connectivity index (χ1v) is 10.3. The smallest absolute Gasteiger partial charge is 0.416 e. The maximum absolute atomic E-state index is 12.8. The average Bonchev–Trinajstić information content (AvgIpc) is 3.27. The molecule has 0 bridgehead atoms. The highest BCUT2D eigenvalue weighted by atomic mass is 19.4. The van der Waals surface area contributed by atoms with Crippen LogP contribution in [0.4, 0.5) is 13.2 Å². The molecule has 0 aliphatic heterocycles. The summed E-state index contributed by atoms with van der Waals surface area (Å²) in [6.07, 6.45) is -2.95. The van der Waals surface area contributed by atoms with Crippen LogP contribution in [0.1, 0.15) is 35.5 Å². The number of ether oxygens (including phenoxy) is 3. The van der Waals surface area contributed by atoms with Crippen molar-refractivity contribution in [3.05, 3.63) is 71.5 Å². The average molecular weight is 463 g/mol. The number of nitrogens with zero attached hydrogens (tertiary/aromatic N) is 2. The van der Waals surface area contributed by atoms with E-state index in [4.69, 9.17) is 14.2 Å². The van der Waals surface area contributed by atoms with Gasteiger partial charge in [-0.1, -0.05) is 12.1 Å². The van der Waals surface area contributed by atoms with E-state index in [9.17, 15) is 18.0 Å². The van der Waals surface area contributed by atoms with E-state index < -0.39 is 17.6 Å². The van der Waals surface area contributed by atoms with E-state index in [-0.39, 0.29) is 24.7 Å². The summed E-state index contributed by atoms with van der Waals surface area (Å²) in [6, 6.07) is 11.5. The molecule has 1 heterocycles. The molecule has 3 rings (SSSR count). The fourth-order valence-corrected chi connectivity index (χ4v) is 2.94. The number of aromatic nitrogens is 2. The first-order chi connectivity index (χ1) is 15.8. The summed E-state index contributed by atoms with van der Waals surface area (Å²) >= 11 is 0. The van der Waals surface area contributed by atoms with Crippen molar-refractivity contribution in [2.75, 3.05) is 13.2 Å². The van der Waals surface area contributed by atoms with Crippen LogP contribution in [0.15, 0.2) is 54.7 Å². The Hall–Kier alpha value is -3.69. The monoisotopic (exact) mass is 463 g/mol. The van der Waals surface area contributed by atoms with E-state index in [0.29, 0.717) is 24.7 Å². The Balaban J connectivity index is 1.56. The summed E-state index contributed by atoms with van der Waals surface area (Å²) < 4.78 is 56.2. The van der Waals surface area contributed by atoms with Crippen LogP contribution in [0, 0.1) is 0 Å². The maximum Gasteiger partial charge on any atom is 0.416 e. The van der Waals surface area contributed by atoms with Gasteiger partial charge < -0.3 is 19.5 Å². The molecule has 1 N–H and O–H groups in total. The minimum atomic E-state index is -4.46. The van der Waals surface area contributed by atoms with E-state index in [1.807, 2.05) is 19.9 Å². The Labute approximate surface area is 189 Å². The zero-order valence-corrected chi connectivity index (χ0v) is 18.2. The van der Waals surface area contributed by atoms with Gasteiger partial charge in [-0.25, -0.2) is 4.68 Å². The van der Waals surface area contributed by atoms with Crippen molar-refractivity contribution in [3.63, 3.8) is 0 Å². The molecular weight excluding hydrogens is 439 g/mol. The standard InChI is InChI=1S/C23H24F3N3O4/c1-3-31-20-9-8-16(12-21(20)32-4-2)14-27-22(30)19-10-11-29(28-19)15-33-18-7-5-6-17(13-18)23(24,25)26/h5-13H,3-4,14-15H2,1-2H3,(H,27,30). The largest absolute Gasteiger partial charge is 0.490 e. The molecular formula is C23H24F3N3O4. The van der Waals surface area contributed by atoms with Crippen LogP contribution in [-0.2, 0) is 19.5 Å². The number of alkyl halides is 3. The Kier molecular flexibility index (Phi) is 7.81. The molecule has 1 amide bonds. The number of halogens is 3. The number of rotatable bonds is 10. The van der Waals surface area contributed by atoms with Crippen molar-refractivity contribution in [3.8, 4) is 17.2 Å². The summed E-state index contributed by atoms with van der Waals surface area (Å²) in [4.78, 5) is 12.4. The van der Waals surface area contributed by atoms with Crippen molar-refractivity contribution < 1.29 is 32.2 Å². The minimum absolute atomic E-state index is 0.0481. The van der Waals surface area contributed by atoms with Crippen molar-refractivity contribution >= 4 is 5.91 Å².